The molecule has 0 aromatic carbocycles. The highest BCUT2D eigenvalue weighted by molar-refractivity contribution is 7.99. The van der Waals surface area contributed by atoms with Crippen LogP contribution in [0.15, 0.2) is 0 Å². The highest BCUT2D eigenvalue weighted by Crippen LogP contribution is 2.31. The smallest absolute Gasteiger partial charge is 0.0231 e. The molecule has 0 aromatic rings. The van der Waals surface area contributed by atoms with Gasteiger partial charge in [-0.3, -0.25) is 4.90 Å². The van der Waals surface area contributed by atoms with Crippen LogP contribution in [0, 0.1) is 0 Å². The number of nitrogens with one attached hydrogen (secondary N) is 1. The molecule has 0 atom stereocenters. The summed E-state index contributed by atoms with van der Waals surface area (Å²) in [6.07, 6.45) is 4.04. The van der Waals surface area contributed by atoms with E-state index in [1.807, 2.05) is 0 Å². The quantitative estimate of drug-likeness (QED) is 0.751. The van der Waals surface area contributed by atoms with E-state index in [-0.39, 0.29) is 0 Å². The van der Waals surface area contributed by atoms with Crippen LogP contribution in [0.4, 0.5) is 0 Å². The molecule has 3 heteroatoms. The number of hydrogen-bond acceptors (Lipinski definition) is 3. The van der Waals surface area contributed by atoms with Gasteiger partial charge >= 0.3 is 0 Å². The third-order valence-corrected chi connectivity index (χ3v) is 4.82. The van der Waals surface area contributed by atoms with Gasteiger partial charge in [0.1, 0.15) is 0 Å². The molecule has 0 aromatic heterocycles. The molecule has 0 unspecified atom stereocenters. The second-order valence-electron chi connectivity index (χ2n) is 4.43. The van der Waals surface area contributed by atoms with Gasteiger partial charge < -0.3 is 5.32 Å². The van der Waals surface area contributed by atoms with Gasteiger partial charge in [0.2, 0.25) is 0 Å². The number of piperidine rings is 1. The first-order chi connectivity index (χ1) is 6.87. The van der Waals surface area contributed by atoms with Crippen molar-refractivity contribution in [2.24, 2.45) is 0 Å². The van der Waals surface area contributed by atoms with Crippen LogP contribution in [-0.2, 0) is 0 Å². The van der Waals surface area contributed by atoms with Gasteiger partial charge in [0, 0.05) is 30.1 Å². The lowest BCUT2D eigenvalue weighted by atomic mass is 9.84. The molecule has 2 saturated heterocycles. The molecular formula is C11H22N2S. The maximum absolute atomic E-state index is 3.48. The van der Waals surface area contributed by atoms with Crippen LogP contribution in [0.3, 0.4) is 0 Å². The molecular weight excluding hydrogens is 192 g/mol. The zero-order valence-electron chi connectivity index (χ0n) is 9.22. The molecule has 82 valence electrons. The third kappa shape index (κ3) is 2.10. The van der Waals surface area contributed by atoms with Crippen LogP contribution in [-0.4, -0.2) is 48.1 Å². The summed E-state index contributed by atoms with van der Waals surface area (Å²) in [5, 5.41) is 3.48. The average Bonchev–Trinajstić information content (AvgIpc) is 2.31. The zero-order valence-corrected chi connectivity index (χ0v) is 10.0. The Morgan fingerprint density at radius 2 is 1.86 bits per heavy atom. The van der Waals surface area contributed by atoms with Crippen molar-refractivity contribution in [2.45, 2.75) is 31.7 Å². The van der Waals surface area contributed by atoms with E-state index in [1.54, 1.807) is 0 Å². The Labute approximate surface area is 91.8 Å². The predicted molar refractivity (Wildman–Crippen MR) is 64.0 cm³/mol. The Morgan fingerprint density at radius 1 is 1.21 bits per heavy atom. The van der Waals surface area contributed by atoms with E-state index >= 15 is 0 Å². The van der Waals surface area contributed by atoms with E-state index < -0.39 is 0 Å². The fraction of sp³-hybridized carbons (Fsp3) is 1.00. The summed E-state index contributed by atoms with van der Waals surface area (Å²) in [4.78, 5) is 2.77. The van der Waals surface area contributed by atoms with Gasteiger partial charge in [0.25, 0.3) is 0 Å². The molecule has 0 amide bonds. The van der Waals surface area contributed by atoms with Crippen molar-refractivity contribution in [3.05, 3.63) is 0 Å². The monoisotopic (exact) mass is 214 g/mol. The Kier molecular flexibility index (Phi) is 3.74. The van der Waals surface area contributed by atoms with Gasteiger partial charge in [0.15, 0.2) is 0 Å². The molecule has 0 bridgehead atoms. The summed E-state index contributed by atoms with van der Waals surface area (Å²) in [7, 11) is 0. The third-order valence-electron chi connectivity index (χ3n) is 3.87. The summed E-state index contributed by atoms with van der Waals surface area (Å²) >= 11 is 2.11. The molecule has 0 radical (unpaired) electrons. The number of thioether (sulfide) groups is 1. The topological polar surface area (TPSA) is 15.3 Å². The van der Waals surface area contributed by atoms with Crippen LogP contribution in [0.1, 0.15) is 26.2 Å². The van der Waals surface area contributed by atoms with E-state index in [2.05, 4.69) is 28.9 Å². The van der Waals surface area contributed by atoms with Crippen LogP contribution >= 0.6 is 11.8 Å². The van der Waals surface area contributed by atoms with E-state index in [0.29, 0.717) is 5.54 Å². The molecule has 14 heavy (non-hydrogen) atoms. The Balaban J connectivity index is 2.01. The van der Waals surface area contributed by atoms with Gasteiger partial charge in [-0.1, -0.05) is 6.92 Å². The molecule has 2 fully saturated rings. The second kappa shape index (κ2) is 4.86. The maximum Gasteiger partial charge on any atom is 0.0231 e. The van der Waals surface area contributed by atoms with Crippen LogP contribution in [0.25, 0.3) is 0 Å². The van der Waals surface area contributed by atoms with Crippen molar-refractivity contribution in [1.29, 1.82) is 0 Å². The fourth-order valence-electron chi connectivity index (χ4n) is 2.82. The summed E-state index contributed by atoms with van der Waals surface area (Å²) in [5.41, 5.74) is 0.548. The number of rotatable bonds is 2. The lowest BCUT2D eigenvalue weighted by Gasteiger charge is -2.48. The summed E-state index contributed by atoms with van der Waals surface area (Å²) in [6.45, 7) is 7.44. The minimum Gasteiger partial charge on any atom is -0.317 e. The summed E-state index contributed by atoms with van der Waals surface area (Å²) < 4.78 is 0. The highest BCUT2D eigenvalue weighted by atomic mass is 32.2. The lowest BCUT2D eigenvalue weighted by Crippen LogP contribution is -2.56. The standard InChI is InChI=1S/C11H22N2S/c1-2-11(3-5-12-6-4-11)13-7-9-14-10-8-13/h12H,2-10H2,1H3. The van der Waals surface area contributed by atoms with E-state index in [0.717, 1.165) is 0 Å². The molecule has 2 nitrogen and oxygen atoms in total. The van der Waals surface area contributed by atoms with E-state index in [9.17, 15) is 0 Å². The minimum atomic E-state index is 0.548. The molecule has 2 aliphatic heterocycles. The minimum absolute atomic E-state index is 0.548. The molecule has 0 aliphatic carbocycles. The van der Waals surface area contributed by atoms with Gasteiger partial charge in [-0.25, -0.2) is 0 Å². The van der Waals surface area contributed by atoms with E-state index in [1.165, 1.54) is 56.9 Å². The average molecular weight is 214 g/mol. The number of hydrogen-bond donors (Lipinski definition) is 1. The SMILES string of the molecule is CCC1(N2CCSCC2)CCNCC1. The molecule has 0 saturated carbocycles. The van der Waals surface area contributed by atoms with Gasteiger partial charge in [-0.15, -0.1) is 0 Å². The van der Waals surface area contributed by atoms with Gasteiger partial charge in [0.05, 0.1) is 0 Å². The van der Waals surface area contributed by atoms with Crippen LogP contribution < -0.4 is 5.32 Å². The second-order valence-corrected chi connectivity index (χ2v) is 5.65. The zero-order chi connectivity index (χ0) is 9.86. The van der Waals surface area contributed by atoms with Gasteiger partial charge in [-0.05, 0) is 32.4 Å². The van der Waals surface area contributed by atoms with Crippen molar-refractivity contribution in [2.75, 3.05) is 37.7 Å². The van der Waals surface area contributed by atoms with Crippen LogP contribution in [0.2, 0.25) is 0 Å². The Hall–Kier alpha value is 0.270. The van der Waals surface area contributed by atoms with Crippen molar-refractivity contribution >= 4 is 11.8 Å². The molecule has 2 rings (SSSR count). The van der Waals surface area contributed by atoms with Crippen molar-refractivity contribution in [1.82, 2.24) is 10.2 Å². The summed E-state index contributed by atoms with van der Waals surface area (Å²) in [6, 6.07) is 0. The fourth-order valence-corrected chi connectivity index (χ4v) is 3.73. The van der Waals surface area contributed by atoms with Crippen molar-refractivity contribution < 1.29 is 0 Å². The first-order valence-electron chi connectivity index (χ1n) is 5.91. The maximum atomic E-state index is 3.48. The Bertz CT molecular complexity index is 172. The predicted octanol–water partition coefficient (Wildman–Crippen LogP) is 1.57. The first kappa shape index (κ1) is 10.8. The summed E-state index contributed by atoms with van der Waals surface area (Å²) in [5.74, 6) is 2.68. The molecule has 2 aliphatic rings. The lowest BCUT2D eigenvalue weighted by molar-refractivity contribution is 0.0618. The highest BCUT2D eigenvalue weighted by Gasteiger charge is 2.36. The number of nitrogens with zero attached hydrogens (tertiary/aromatic N) is 1. The molecule has 1 N–H and O–H groups in total. The van der Waals surface area contributed by atoms with Gasteiger partial charge in [-0.2, -0.15) is 11.8 Å². The van der Waals surface area contributed by atoms with Crippen LogP contribution in [0.5, 0.6) is 0 Å². The normalized spacial score (nSPS) is 28.9. The molecule has 2 heterocycles. The largest absolute Gasteiger partial charge is 0.317 e. The Morgan fingerprint density at radius 3 is 2.43 bits per heavy atom. The first-order valence-corrected chi connectivity index (χ1v) is 7.06. The van der Waals surface area contributed by atoms with E-state index in [4.69, 9.17) is 0 Å². The van der Waals surface area contributed by atoms with Crippen molar-refractivity contribution in [3.8, 4) is 0 Å². The van der Waals surface area contributed by atoms with Crippen molar-refractivity contribution in [3.63, 3.8) is 0 Å². The molecule has 0 spiro atoms.